The standard InChI is InChI=1S/C24H26N4O2/c1-30-21-12-10-20(11-13-21)22-8-5-9-23(25-22)24(29)26-28-16-14-27(15-17-28)18-19-6-3-2-4-7-19/h2-13H,14-18H2,1H3,(H,26,29). The van der Waals surface area contributed by atoms with Gasteiger partial charge in [-0.15, -0.1) is 0 Å². The molecule has 1 amide bonds. The average molecular weight is 402 g/mol. The summed E-state index contributed by atoms with van der Waals surface area (Å²) in [5.74, 6) is 0.612. The number of amides is 1. The van der Waals surface area contributed by atoms with E-state index >= 15 is 0 Å². The van der Waals surface area contributed by atoms with E-state index in [0.29, 0.717) is 5.69 Å². The molecule has 1 fully saturated rings. The number of hydrogen-bond acceptors (Lipinski definition) is 5. The van der Waals surface area contributed by atoms with Gasteiger partial charge in [0.2, 0.25) is 0 Å². The van der Waals surface area contributed by atoms with E-state index in [2.05, 4.69) is 39.6 Å². The van der Waals surface area contributed by atoms with Gasteiger partial charge in [-0.05, 0) is 42.0 Å². The smallest absolute Gasteiger partial charge is 0.284 e. The summed E-state index contributed by atoms with van der Waals surface area (Å²) in [6.07, 6.45) is 0. The number of ether oxygens (including phenoxy) is 1. The third-order valence-corrected chi connectivity index (χ3v) is 5.25. The summed E-state index contributed by atoms with van der Waals surface area (Å²) >= 11 is 0. The van der Waals surface area contributed by atoms with E-state index in [1.807, 2.05) is 47.5 Å². The Labute approximate surface area is 177 Å². The highest BCUT2D eigenvalue weighted by Crippen LogP contribution is 2.21. The summed E-state index contributed by atoms with van der Waals surface area (Å²) in [5.41, 5.74) is 6.43. The molecule has 0 aliphatic carbocycles. The largest absolute Gasteiger partial charge is 0.497 e. The van der Waals surface area contributed by atoms with Gasteiger partial charge in [0.05, 0.1) is 12.8 Å². The molecular formula is C24H26N4O2. The zero-order chi connectivity index (χ0) is 20.8. The van der Waals surface area contributed by atoms with Crippen LogP contribution in [0.5, 0.6) is 5.75 Å². The van der Waals surface area contributed by atoms with Crippen LogP contribution in [0.4, 0.5) is 0 Å². The van der Waals surface area contributed by atoms with Crippen molar-refractivity contribution in [2.45, 2.75) is 6.54 Å². The van der Waals surface area contributed by atoms with Crippen molar-refractivity contribution in [2.24, 2.45) is 0 Å². The van der Waals surface area contributed by atoms with Gasteiger partial charge in [0.15, 0.2) is 0 Å². The number of piperazine rings is 1. The number of carbonyl (C=O) groups excluding carboxylic acids is 1. The minimum Gasteiger partial charge on any atom is -0.497 e. The highest BCUT2D eigenvalue weighted by Gasteiger charge is 2.19. The highest BCUT2D eigenvalue weighted by molar-refractivity contribution is 5.92. The minimum atomic E-state index is -0.179. The summed E-state index contributed by atoms with van der Waals surface area (Å²) < 4.78 is 5.20. The number of hydrogen-bond donors (Lipinski definition) is 1. The molecule has 0 bridgehead atoms. The highest BCUT2D eigenvalue weighted by atomic mass is 16.5. The molecule has 0 spiro atoms. The van der Waals surface area contributed by atoms with Crippen LogP contribution in [0.25, 0.3) is 11.3 Å². The van der Waals surface area contributed by atoms with Crippen molar-refractivity contribution >= 4 is 5.91 Å². The van der Waals surface area contributed by atoms with Gasteiger partial charge >= 0.3 is 0 Å². The number of carbonyl (C=O) groups is 1. The molecule has 0 atom stereocenters. The van der Waals surface area contributed by atoms with Gasteiger partial charge in [0, 0.05) is 38.3 Å². The van der Waals surface area contributed by atoms with E-state index in [4.69, 9.17) is 4.74 Å². The maximum atomic E-state index is 12.7. The van der Waals surface area contributed by atoms with E-state index in [1.54, 1.807) is 13.2 Å². The molecular weight excluding hydrogens is 376 g/mol. The fourth-order valence-electron chi connectivity index (χ4n) is 3.54. The van der Waals surface area contributed by atoms with Crippen LogP contribution in [0.3, 0.4) is 0 Å². The monoisotopic (exact) mass is 402 g/mol. The Balaban J connectivity index is 1.33. The van der Waals surface area contributed by atoms with Gasteiger partial charge in [0.1, 0.15) is 11.4 Å². The van der Waals surface area contributed by atoms with E-state index in [-0.39, 0.29) is 5.91 Å². The summed E-state index contributed by atoms with van der Waals surface area (Å²) in [6.45, 7) is 4.34. The molecule has 6 heteroatoms. The Morgan fingerprint density at radius 1 is 0.933 bits per heavy atom. The summed E-state index contributed by atoms with van der Waals surface area (Å²) in [4.78, 5) is 19.7. The molecule has 1 aromatic heterocycles. The van der Waals surface area contributed by atoms with Crippen LogP contribution >= 0.6 is 0 Å². The van der Waals surface area contributed by atoms with Crippen LogP contribution in [-0.4, -0.2) is 54.1 Å². The third-order valence-electron chi connectivity index (χ3n) is 5.25. The van der Waals surface area contributed by atoms with Gasteiger partial charge < -0.3 is 4.74 Å². The molecule has 0 saturated carbocycles. The molecule has 1 aliphatic heterocycles. The normalized spacial score (nSPS) is 15.0. The quantitative estimate of drug-likeness (QED) is 0.686. The Morgan fingerprint density at radius 3 is 2.37 bits per heavy atom. The Morgan fingerprint density at radius 2 is 1.67 bits per heavy atom. The molecule has 1 aliphatic rings. The Hall–Kier alpha value is -3.22. The van der Waals surface area contributed by atoms with E-state index in [1.165, 1.54) is 5.56 Å². The number of pyridine rings is 1. The van der Waals surface area contributed by atoms with E-state index in [0.717, 1.165) is 49.7 Å². The first-order valence-electron chi connectivity index (χ1n) is 10.1. The number of nitrogens with one attached hydrogen (secondary N) is 1. The van der Waals surface area contributed by atoms with Gasteiger partial charge in [-0.1, -0.05) is 36.4 Å². The molecule has 1 saturated heterocycles. The van der Waals surface area contributed by atoms with E-state index in [9.17, 15) is 4.79 Å². The van der Waals surface area contributed by atoms with Gasteiger partial charge in [0.25, 0.3) is 5.91 Å². The van der Waals surface area contributed by atoms with E-state index < -0.39 is 0 Å². The maximum absolute atomic E-state index is 12.7. The molecule has 0 radical (unpaired) electrons. The van der Waals surface area contributed by atoms with Crippen LogP contribution in [0.15, 0.2) is 72.8 Å². The number of aromatic nitrogens is 1. The lowest BCUT2D eigenvalue weighted by Crippen LogP contribution is -2.53. The number of methoxy groups -OCH3 is 1. The second-order valence-corrected chi connectivity index (χ2v) is 7.33. The van der Waals surface area contributed by atoms with Gasteiger partial charge in [-0.2, -0.15) is 0 Å². The third kappa shape index (κ3) is 5.03. The first kappa shape index (κ1) is 20.1. The topological polar surface area (TPSA) is 57.7 Å². The molecule has 3 aromatic rings. The zero-order valence-corrected chi connectivity index (χ0v) is 17.1. The first-order valence-corrected chi connectivity index (χ1v) is 10.1. The number of hydrazine groups is 1. The second kappa shape index (κ2) is 9.52. The zero-order valence-electron chi connectivity index (χ0n) is 17.1. The summed E-state index contributed by atoms with van der Waals surface area (Å²) in [5, 5.41) is 1.98. The Bertz CT molecular complexity index is 968. The van der Waals surface area contributed by atoms with Crippen molar-refractivity contribution in [3.8, 4) is 17.0 Å². The van der Waals surface area contributed by atoms with Gasteiger partial charge in [-0.25, -0.2) is 9.99 Å². The van der Waals surface area contributed by atoms with Crippen LogP contribution in [0.2, 0.25) is 0 Å². The maximum Gasteiger partial charge on any atom is 0.284 e. The van der Waals surface area contributed by atoms with Crippen LogP contribution < -0.4 is 10.2 Å². The SMILES string of the molecule is COc1ccc(-c2cccc(C(=O)NN3CCN(Cc4ccccc4)CC3)n2)cc1. The van der Waals surface area contributed by atoms with Crippen molar-refractivity contribution in [1.82, 2.24) is 20.3 Å². The van der Waals surface area contributed by atoms with Crippen molar-refractivity contribution in [1.29, 1.82) is 0 Å². The molecule has 4 rings (SSSR count). The molecule has 0 unspecified atom stereocenters. The van der Waals surface area contributed by atoms with Crippen LogP contribution in [0, 0.1) is 0 Å². The number of rotatable bonds is 6. The Kier molecular flexibility index (Phi) is 6.37. The predicted octanol–water partition coefficient (Wildman–Crippen LogP) is 3.22. The number of benzene rings is 2. The van der Waals surface area contributed by atoms with Crippen LogP contribution in [0.1, 0.15) is 16.1 Å². The molecule has 154 valence electrons. The lowest BCUT2D eigenvalue weighted by Gasteiger charge is -2.34. The first-order chi connectivity index (χ1) is 14.7. The number of nitrogens with zero attached hydrogens (tertiary/aromatic N) is 3. The average Bonchev–Trinajstić information content (AvgIpc) is 2.81. The van der Waals surface area contributed by atoms with Crippen LogP contribution in [-0.2, 0) is 6.54 Å². The minimum absolute atomic E-state index is 0.179. The van der Waals surface area contributed by atoms with Crippen molar-refractivity contribution in [3.63, 3.8) is 0 Å². The fourth-order valence-corrected chi connectivity index (χ4v) is 3.54. The molecule has 1 N–H and O–H groups in total. The lowest BCUT2D eigenvalue weighted by molar-refractivity contribution is 0.0600. The summed E-state index contributed by atoms with van der Waals surface area (Å²) in [7, 11) is 1.64. The second-order valence-electron chi connectivity index (χ2n) is 7.33. The fraction of sp³-hybridized carbons (Fsp3) is 0.250. The predicted molar refractivity (Wildman–Crippen MR) is 117 cm³/mol. The lowest BCUT2D eigenvalue weighted by atomic mass is 10.1. The summed E-state index contributed by atoms with van der Waals surface area (Å²) in [6, 6.07) is 23.6. The molecule has 2 heterocycles. The van der Waals surface area contributed by atoms with Gasteiger partial charge in [-0.3, -0.25) is 15.1 Å². The van der Waals surface area contributed by atoms with Crippen molar-refractivity contribution < 1.29 is 9.53 Å². The molecule has 30 heavy (non-hydrogen) atoms. The van der Waals surface area contributed by atoms with Crippen molar-refractivity contribution in [3.05, 3.63) is 84.1 Å². The van der Waals surface area contributed by atoms with Crippen molar-refractivity contribution in [2.75, 3.05) is 33.3 Å². The molecule has 2 aromatic carbocycles. The molecule has 6 nitrogen and oxygen atoms in total.